The van der Waals surface area contributed by atoms with Gasteiger partial charge in [-0.15, -0.1) is 0 Å². The van der Waals surface area contributed by atoms with Crippen LogP contribution in [-0.2, 0) is 10.0 Å². The Morgan fingerprint density at radius 1 is 1.32 bits per heavy atom. The summed E-state index contributed by atoms with van der Waals surface area (Å²) in [6, 6.07) is 1.89. The summed E-state index contributed by atoms with van der Waals surface area (Å²) in [7, 11) is -3.76. The molecule has 5 nitrogen and oxygen atoms in total. The number of rotatable bonds is 4. The van der Waals surface area contributed by atoms with Crippen LogP contribution in [0.25, 0.3) is 0 Å². The highest BCUT2D eigenvalue weighted by atomic mass is 35.5. The van der Waals surface area contributed by atoms with E-state index < -0.39 is 10.0 Å². The van der Waals surface area contributed by atoms with Crippen LogP contribution < -0.4 is 0 Å². The first-order chi connectivity index (χ1) is 8.81. The molecule has 104 valence electrons. The summed E-state index contributed by atoms with van der Waals surface area (Å²) < 4.78 is 26.2. The lowest BCUT2D eigenvalue weighted by molar-refractivity contribution is 0.442. The molecule has 0 radical (unpaired) electrons. The van der Waals surface area contributed by atoms with Crippen LogP contribution in [0.3, 0.4) is 0 Å². The van der Waals surface area contributed by atoms with Crippen LogP contribution >= 0.6 is 11.6 Å². The van der Waals surface area contributed by atoms with E-state index in [4.69, 9.17) is 11.6 Å². The van der Waals surface area contributed by atoms with E-state index in [1.165, 1.54) is 4.31 Å². The van der Waals surface area contributed by atoms with E-state index in [2.05, 4.69) is 4.98 Å². The van der Waals surface area contributed by atoms with Crippen molar-refractivity contribution in [2.45, 2.75) is 32.7 Å². The molecule has 0 aliphatic rings. The second-order valence-electron chi connectivity index (χ2n) is 4.02. The zero-order valence-corrected chi connectivity index (χ0v) is 12.9. The minimum atomic E-state index is -3.76. The molecule has 0 amide bonds. The minimum Gasteiger partial charge on any atom is -0.237 e. The Bertz CT molecular complexity index is 631. The summed E-state index contributed by atoms with van der Waals surface area (Å²) in [6.45, 7) is 7.37. The molecule has 0 saturated carbocycles. The molecule has 7 heteroatoms. The summed E-state index contributed by atoms with van der Waals surface area (Å²) in [5.41, 5.74) is 0.869. The Labute approximate surface area is 118 Å². The van der Waals surface area contributed by atoms with Crippen LogP contribution in [0.1, 0.15) is 30.7 Å². The Morgan fingerprint density at radius 2 is 1.84 bits per heavy atom. The molecule has 1 aromatic heterocycles. The van der Waals surface area contributed by atoms with Gasteiger partial charge in [0.15, 0.2) is 5.03 Å². The van der Waals surface area contributed by atoms with E-state index in [0.717, 1.165) is 0 Å². The number of pyridine rings is 1. The number of nitriles is 1. The van der Waals surface area contributed by atoms with Crippen LogP contribution in [-0.4, -0.2) is 30.8 Å². The number of hydrogen-bond acceptors (Lipinski definition) is 4. The lowest BCUT2D eigenvalue weighted by atomic mass is 10.1. The van der Waals surface area contributed by atoms with Crippen molar-refractivity contribution in [1.29, 1.82) is 5.26 Å². The van der Waals surface area contributed by atoms with E-state index in [1.54, 1.807) is 27.7 Å². The summed E-state index contributed by atoms with van der Waals surface area (Å²) in [6.07, 6.45) is 0. The number of sulfonamides is 1. The molecule has 19 heavy (non-hydrogen) atoms. The quantitative estimate of drug-likeness (QED) is 0.855. The Morgan fingerprint density at radius 3 is 2.26 bits per heavy atom. The maximum absolute atomic E-state index is 12.5. The van der Waals surface area contributed by atoms with E-state index >= 15 is 0 Å². The van der Waals surface area contributed by atoms with Crippen molar-refractivity contribution in [3.8, 4) is 6.07 Å². The van der Waals surface area contributed by atoms with Crippen molar-refractivity contribution >= 4 is 21.6 Å². The van der Waals surface area contributed by atoms with Crippen molar-refractivity contribution < 1.29 is 8.42 Å². The van der Waals surface area contributed by atoms with Gasteiger partial charge in [-0.05, 0) is 19.4 Å². The summed E-state index contributed by atoms with van der Waals surface area (Å²) >= 11 is 6.01. The fourth-order valence-corrected chi connectivity index (χ4v) is 3.57. The normalized spacial score (nSPS) is 11.6. The highest BCUT2D eigenvalue weighted by molar-refractivity contribution is 7.89. The minimum absolute atomic E-state index is 0.0162. The average molecular weight is 302 g/mol. The Hall–Kier alpha value is -1.16. The van der Waals surface area contributed by atoms with Gasteiger partial charge in [-0.2, -0.15) is 9.57 Å². The van der Waals surface area contributed by atoms with Crippen LogP contribution in [0.4, 0.5) is 0 Å². The second kappa shape index (κ2) is 5.87. The van der Waals surface area contributed by atoms with Gasteiger partial charge in [0.25, 0.3) is 10.0 Å². The largest absolute Gasteiger partial charge is 0.261 e. The van der Waals surface area contributed by atoms with Gasteiger partial charge >= 0.3 is 0 Å². The van der Waals surface area contributed by atoms with Gasteiger partial charge in [-0.3, -0.25) is 0 Å². The zero-order chi connectivity index (χ0) is 14.8. The number of halogens is 1. The first kappa shape index (κ1) is 15.9. The highest BCUT2D eigenvalue weighted by Gasteiger charge is 2.29. The Balaban J connectivity index is 3.66. The van der Waals surface area contributed by atoms with Gasteiger partial charge in [0.2, 0.25) is 0 Å². The Kier molecular flexibility index (Phi) is 4.91. The van der Waals surface area contributed by atoms with Gasteiger partial charge in [0, 0.05) is 13.1 Å². The molecule has 0 aliphatic heterocycles. The topological polar surface area (TPSA) is 74.1 Å². The van der Waals surface area contributed by atoms with Crippen LogP contribution in [0.5, 0.6) is 0 Å². The number of hydrogen-bond donors (Lipinski definition) is 0. The number of nitrogens with zero attached hydrogens (tertiary/aromatic N) is 3. The summed E-state index contributed by atoms with van der Waals surface area (Å²) in [5, 5.41) is 9.29. The van der Waals surface area contributed by atoms with Gasteiger partial charge in [0.05, 0.1) is 16.3 Å². The molecule has 0 saturated heterocycles. The maximum atomic E-state index is 12.5. The third-order valence-electron chi connectivity index (χ3n) is 2.91. The standard InChI is InChI=1S/C12H16ClN3O2S/c1-5-16(6-2)19(17,18)12-10(7-14)8(3)11(13)9(4)15-12/h5-6H2,1-4H3. The molecule has 1 rings (SSSR count). The molecular formula is C12H16ClN3O2S. The molecule has 1 aromatic rings. The van der Waals surface area contributed by atoms with Crippen molar-refractivity contribution in [2.75, 3.05) is 13.1 Å². The molecular weight excluding hydrogens is 286 g/mol. The molecule has 0 N–H and O–H groups in total. The lowest BCUT2D eigenvalue weighted by Gasteiger charge is -2.19. The highest BCUT2D eigenvalue weighted by Crippen LogP contribution is 2.27. The van der Waals surface area contributed by atoms with Crippen LogP contribution in [0.15, 0.2) is 5.03 Å². The van der Waals surface area contributed by atoms with E-state index in [0.29, 0.717) is 29.4 Å². The average Bonchev–Trinajstić information content (AvgIpc) is 2.36. The molecule has 0 atom stereocenters. The summed E-state index contributed by atoms with van der Waals surface area (Å²) in [5.74, 6) is 0. The van der Waals surface area contributed by atoms with Gasteiger partial charge < -0.3 is 0 Å². The van der Waals surface area contributed by atoms with Crippen molar-refractivity contribution in [3.63, 3.8) is 0 Å². The SMILES string of the molecule is CCN(CC)S(=O)(=O)c1nc(C)c(Cl)c(C)c1C#N. The predicted molar refractivity (Wildman–Crippen MR) is 73.5 cm³/mol. The van der Waals surface area contributed by atoms with Crippen LogP contribution in [0.2, 0.25) is 5.02 Å². The zero-order valence-electron chi connectivity index (χ0n) is 11.4. The molecule has 0 bridgehead atoms. The predicted octanol–water partition coefficient (Wildman–Crippen LogP) is 2.25. The van der Waals surface area contributed by atoms with E-state index in [1.807, 2.05) is 6.07 Å². The van der Waals surface area contributed by atoms with E-state index in [-0.39, 0.29) is 10.6 Å². The fraction of sp³-hybridized carbons (Fsp3) is 0.500. The van der Waals surface area contributed by atoms with Gasteiger partial charge in [-0.25, -0.2) is 13.4 Å². The molecule has 0 spiro atoms. The summed E-state index contributed by atoms with van der Waals surface area (Å²) in [4.78, 5) is 4.01. The number of aryl methyl sites for hydroxylation is 1. The monoisotopic (exact) mass is 301 g/mol. The second-order valence-corrected chi connectivity index (χ2v) is 6.25. The first-order valence-electron chi connectivity index (χ1n) is 5.88. The van der Waals surface area contributed by atoms with Crippen molar-refractivity contribution in [3.05, 3.63) is 21.8 Å². The van der Waals surface area contributed by atoms with Crippen molar-refractivity contribution in [2.24, 2.45) is 0 Å². The fourth-order valence-electron chi connectivity index (χ4n) is 1.80. The smallest absolute Gasteiger partial charge is 0.237 e. The molecule has 0 aromatic carbocycles. The van der Waals surface area contributed by atoms with E-state index in [9.17, 15) is 13.7 Å². The maximum Gasteiger partial charge on any atom is 0.261 e. The van der Waals surface area contributed by atoms with Crippen LogP contribution in [0, 0.1) is 25.2 Å². The third-order valence-corrected chi connectivity index (χ3v) is 5.44. The first-order valence-corrected chi connectivity index (χ1v) is 7.69. The molecule has 0 unspecified atom stereocenters. The molecule has 0 aliphatic carbocycles. The molecule has 1 heterocycles. The third kappa shape index (κ3) is 2.73. The van der Waals surface area contributed by atoms with Gasteiger partial charge in [0.1, 0.15) is 6.07 Å². The van der Waals surface area contributed by atoms with Gasteiger partial charge in [-0.1, -0.05) is 25.4 Å². The molecule has 0 fully saturated rings. The van der Waals surface area contributed by atoms with Crippen molar-refractivity contribution in [1.82, 2.24) is 9.29 Å². The number of aromatic nitrogens is 1. The lowest BCUT2D eigenvalue weighted by Crippen LogP contribution is -2.32.